The van der Waals surface area contributed by atoms with Gasteiger partial charge in [0.05, 0.1) is 17.2 Å². The van der Waals surface area contributed by atoms with E-state index in [1.54, 1.807) is 6.07 Å². The Morgan fingerprint density at radius 3 is 2.46 bits per heavy atom. The second-order valence-electron chi connectivity index (χ2n) is 12.2. The summed E-state index contributed by atoms with van der Waals surface area (Å²) in [6, 6.07) is 4.32. The molecule has 4 N–H and O–H groups in total. The zero-order chi connectivity index (χ0) is 28.3. The number of carbonyl (C=O) groups is 2. The molecular weight excluding hydrogens is 531 g/mol. The summed E-state index contributed by atoms with van der Waals surface area (Å²) in [5, 5.41) is 18.8. The van der Waals surface area contributed by atoms with Gasteiger partial charge in [0, 0.05) is 29.8 Å². The molecule has 10 heteroatoms. The van der Waals surface area contributed by atoms with Crippen LogP contribution in [0.3, 0.4) is 0 Å². The molecule has 4 atom stereocenters. The van der Waals surface area contributed by atoms with Gasteiger partial charge in [-0.3, -0.25) is 9.59 Å². The first-order valence-corrected chi connectivity index (χ1v) is 13.7. The van der Waals surface area contributed by atoms with Crippen LogP contribution in [0.2, 0.25) is 5.02 Å². The van der Waals surface area contributed by atoms with Crippen molar-refractivity contribution in [2.45, 2.75) is 88.4 Å². The first-order valence-electron chi connectivity index (χ1n) is 13.3. The highest BCUT2D eigenvalue weighted by Gasteiger charge is 2.66. The standard InChI is InChI=1S/C29H33ClF3N3O3/c1-28(2,3)13-22-29(17-11-19(31)20(32)12-21(17)35-27(29)39)23(16-5-4-6-18(30)24(16)33)25(36-22)26(38)34-14-7-9-15(37)10-8-14/h4-6,11-12,14-15,22-23,25,36-37H,7-10,13H2,1-3H3,(H,34,38)(H,35,39)/t14-,15+,22-,23-,25+,29+/m0/s1. The highest BCUT2D eigenvalue weighted by molar-refractivity contribution is 6.30. The minimum absolute atomic E-state index is 0.0401. The zero-order valence-corrected chi connectivity index (χ0v) is 22.8. The molecule has 1 spiro atoms. The lowest BCUT2D eigenvalue weighted by Gasteiger charge is -2.38. The Bertz CT molecular complexity index is 1310. The highest BCUT2D eigenvalue weighted by atomic mass is 35.5. The molecule has 0 unspecified atom stereocenters. The number of halogens is 4. The molecule has 2 amide bonds. The van der Waals surface area contributed by atoms with Crippen molar-refractivity contribution in [3.63, 3.8) is 0 Å². The van der Waals surface area contributed by atoms with Crippen molar-refractivity contribution < 1.29 is 27.9 Å². The van der Waals surface area contributed by atoms with Crippen LogP contribution in [-0.2, 0) is 15.0 Å². The predicted molar refractivity (Wildman–Crippen MR) is 142 cm³/mol. The van der Waals surface area contributed by atoms with Crippen molar-refractivity contribution in [1.82, 2.24) is 10.6 Å². The van der Waals surface area contributed by atoms with Gasteiger partial charge >= 0.3 is 0 Å². The molecule has 1 saturated heterocycles. The summed E-state index contributed by atoms with van der Waals surface area (Å²) in [7, 11) is 0. The molecule has 3 aliphatic rings. The Morgan fingerprint density at radius 2 is 1.79 bits per heavy atom. The molecule has 5 rings (SSSR count). The molecule has 0 radical (unpaired) electrons. The van der Waals surface area contributed by atoms with Gasteiger partial charge in [0.1, 0.15) is 11.2 Å². The molecule has 2 aliphatic heterocycles. The van der Waals surface area contributed by atoms with Crippen molar-refractivity contribution in [1.29, 1.82) is 0 Å². The van der Waals surface area contributed by atoms with Gasteiger partial charge in [-0.2, -0.15) is 0 Å². The van der Waals surface area contributed by atoms with Crippen LogP contribution in [0.25, 0.3) is 0 Å². The lowest BCUT2D eigenvalue weighted by molar-refractivity contribution is -0.124. The van der Waals surface area contributed by atoms with E-state index in [2.05, 4.69) is 16.0 Å². The van der Waals surface area contributed by atoms with Gasteiger partial charge in [0.25, 0.3) is 0 Å². The van der Waals surface area contributed by atoms with Gasteiger partial charge in [-0.05, 0) is 60.8 Å². The number of aliphatic hydroxyl groups is 1. The van der Waals surface area contributed by atoms with Gasteiger partial charge < -0.3 is 21.1 Å². The number of hydrogen-bond donors (Lipinski definition) is 4. The molecule has 2 fully saturated rings. The van der Waals surface area contributed by atoms with Crippen molar-refractivity contribution in [2.75, 3.05) is 5.32 Å². The Hall–Kier alpha value is -2.62. The van der Waals surface area contributed by atoms with E-state index >= 15 is 4.39 Å². The Kier molecular flexibility index (Phi) is 7.23. The number of fused-ring (bicyclic) bond motifs is 2. The lowest BCUT2D eigenvalue weighted by Crippen LogP contribution is -2.50. The fourth-order valence-corrected chi connectivity index (χ4v) is 6.86. The van der Waals surface area contributed by atoms with E-state index in [0.29, 0.717) is 32.1 Å². The van der Waals surface area contributed by atoms with E-state index in [9.17, 15) is 23.5 Å². The van der Waals surface area contributed by atoms with Gasteiger partial charge in [-0.1, -0.05) is 44.5 Å². The van der Waals surface area contributed by atoms with Crippen molar-refractivity contribution in [3.05, 3.63) is 63.9 Å². The second-order valence-corrected chi connectivity index (χ2v) is 12.6. The third-order valence-corrected chi connectivity index (χ3v) is 8.63. The lowest BCUT2D eigenvalue weighted by atomic mass is 9.62. The monoisotopic (exact) mass is 563 g/mol. The van der Waals surface area contributed by atoms with Crippen molar-refractivity contribution in [2.24, 2.45) is 5.41 Å². The summed E-state index contributed by atoms with van der Waals surface area (Å²) in [6.45, 7) is 5.91. The molecule has 2 aromatic rings. The summed E-state index contributed by atoms with van der Waals surface area (Å²) in [4.78, 5) is 27.9. The van der Waals surface area contributed by atoms with Crippen LogP contribution < -0.4 is 16.0 Å². The minimum Gasteiger partial charge on any atom is -0.393 e. The van der Waals surface area contributed by atoms with Gasteiger partial charge in [0.2, 0.25) is 11.8 Å². The summed E-state index contributed by atoms with van der Waals surface area (Å²) in [5.41, 5.74) is -1.68. The molecule has 0 bridgehead atoms. The molecule has 0 aromatic heterocycles. The number of amides is 2. The SMILES string of the molecule is CC(C)(C)C[C@@H]1N[C@@H](C(=O)N[C@H]2CC[C@@H](O)CC2)[C@H](c2cccc(Cl)c2F)[C@]12C(=O)Nc1cc(F)c(F)cc12. The number of benzene rings is 2. The topological polar surface area (TPSA) is 90.5 Å². The van der Waals surface area contributed by atoms with Crippen LogP contribution in [-0.4, -0.2) is 41.2 Å². The summed E-state index contributed by atoms with van der Waals surface area (Å²) in [5.74, 6) is -5.15. The fraction of sp³-hybridized carbons (Fsp3) is 0.517. The van der Waals surface area contributed by atoms with E-state index in [0.717, 1.165) is 12.1 Å². The van der Waals surface area contributed by atoms with E-state index < -0.39 is 58.8 Å². The molecule has 1 saturated carbocycles. The minimum atomic E-state index is -1.63. The molecule has 2 heterocycles. The summed E-state index contributed by atoms with van der Waals surface area (Å²) in [6.07, 6.45) is 2.22. The third-order valence-electron chi connectivity index (χ3n) is 8.34. The van der Waals surface area contributed by atoms with E-state index in [-0.39, 0.29) is 33.3 Å². The average molecular weight is 564 g/mol. The zero-order valence-electron chi connectivity index (χ0n) is 22.1. The predicted octanol–water partition coefficient (Wildman–Crippen LogP) is 4.93. The maximum Gasteiger partial charge on any atom is 0.238 e. The van der Waals surface area contributed by atoms with Crippen LogP contribution in [0.1, 0.15) is 69.9 Å². The number of nitrogens with one attached hydrogen (secondary N) is 3. The van der Waals surface area contributed by atoms with Gasteiger partial charge in [0.15, 0.2) is 11.6 Å². The van der Waals surface area contributed by atoms with Crippen LogP contribution in [0.5, 0.6) is 0 Å². The second kappa shape index (κ2) is 10.1. The van der Waals surface area contributed by atoms with E-state index in [4.69, 9.17) is 11.6 Å². The van der Waals surface area contributed by atoms with Crippen LogP contribution in [0.15, 0.2) is 30.3 Å². The largest absolute Gasteiger partial charge is 0.393 e. The van der Waals surface area contributed by atoms with E-state index in [1.807, 2.05) is 20.8 Å². The number of aliphatic hydroxyl groups excluding tert-OH is 1. The van der Waals surface area contributed by atoms with Crippen molar-refractivity contribution >= 4 is 29.1 Å². The molecular formula is C29H33ClF3N3O3. The van der Waals surface area contributed by atoms with Gasteiger partial charge in [-0.15, -0.1) is 0 Å². The van der Waals surface area contributed by atoms with E-state index in [1.165, 1.54) is 12.1 Å². The summed E-state index contributed by atoms with van der Waals surface area (Å²) >= 11 is 6.18. The Balaban J connectivity index is 1.69. The molecule has 1 aliphatic carbocycles. The maximum atomic E-state index is 15.8. The average Bonchev–Trinajstić information content (AvgIpc) is 3.32. The van der Waals surface area contributed by atoms with Crippen LogP contribution >= 0.6 is 11.6 Å². The molecule has 2 aromatic carbocycles. The fourth-order valence-electron chi connectivity index (χ4n) is 6.68. The first kappa shape index (κ1) is 27.9. The van der Waals surface area contributed by atoms with Gasteiger partial charge in [-0.25, -0.2) is 13.2 Å². The third kappa shape index (κ3) is 4.83. The normalized spacial score (nSPS) is 30.4. The van der Waals surface area contributed by atoms with Crippen molar-refractivity contribution in [3.8, 4) is 0 Å². The summed E-state index contributed by atoms with van der Waals surface area (Å²) < 4.78 is 44.8. The first-order chi connectivity index (χ1) is 18.3. The Labute approximate surface area is 230 Å². The number of carbonyl (C=O) groups excluding carboxylic acids is 2. The molecule has 39 heavy (non-hydrogen) atoms. The highest BCUT2D eigenvalue weighted by Crippen LogP contribution is 2.57. The molecule has 6 nitrogen and oxygen atoms in total. The number of anilines is 1. The maximum absolute atomic E-state index is 15.8. The van der Waals surface area contributed by atoms with Crippen LogP contribution in [0, 0.1) is 22.9 Å². The number of hydrogen-bond acceptors (Lipinski definition) is 4. The number of rotatable bonds is 4. The Morgan fingerprint density at radius 1 is 1.13 bits per heavy atom. The smallest absolute Gasteiger partial charge is 0.238 e. The quantitative estimate of drug-likeness (QED) is 0.425. The molecule has 210 valence electrons. The van der Waals surface area contributed by atoms with Crippen LogP contribution in [0.4, 0.5) is 18.9 Å².